The number of hydrogen-bond acceptors (Lipinski definition) is 6. The van der Waals surface area contributed by atoms with Gasteiger partial charge in [-0.3, -0.25) is 9.59 Å². The summed E-state index contributed by atoms with van der Waals surface area (Å²) in [6, 6.07) is 11.1. The van der Waals surface area contributed by atoms with Crippen LogP contribution in [0.15, 0.2) is 42.5 Å². The first-order valence-corrected chi connectivity index (χ1v) is 10.7. The molecule has 0 saturated carbocycles. The van der Waals surface area contributed by atoms with Crippen molar-refractivity contribution in [2.24, 2.45) is 0 Å². The van der Waals surface area contributed by atoms with Crippen LogP contribution >= 0.6 is 11.6 Å². The zero-order valence-corrected chi connectivity index (χ0v) is 18.7. The summed E-state index contributed by atoms with van der Waals surface area (Å²) in [5.74, 6) is 0.397. The molecule has 0 spiro atoms. The smallest absolute Gasteiger partial charge is 0.496 e. The summed E-state index contributed by atoms with van der Waals surface area (Å²) >= 11 is 6.04. The number of nitrogens with zero attached hydrogens (tertiary/aromatic N) is 1. The first-order valence-electron chi connectivity index (χ1n) is 10.3. The van der Waals surface area contributed by atoms with E-state index in [1.807, 2.05) is 0 Å². The largest absolute Gasteiger partial charge is 0.513 e. The van der Waals surface area contributed by atoms with E-state index in [4.69, 9.17) is 25.8 Å². The Labute approximate surface area is 191 Å². The lowest BCUT2D eigenvalue weighted by Crippen LogP contribution is -2.46. The average Bonchev–Trinajstić information content (AvgIpc) is 2.79. The molecule has 0 aromatic heterocycles. The van der Waals surface area contributed by atoms with Crippen LogP contribution in [0.3, 0.4) is 0 Å². The van der Waals surface area contributed by atoms with Crippen LogP contribution in [0.5, 0.6) is 11.5 Å². The molecule has 32 heavy (non-hydrogen) atoms. The lowest BCUT2D eigenvalue weighted by molar-refractivity contribution is 0.0694. The number of hydrogen-bond donors (Lipinski definition) is 1. The van der Waals surface area contributed by atoms with Gasteiger partial charge in [-0.05, 0) is 62.2 Å². The highest BCUT2D eigenvalue weighted by molar-refractivity contribution is 6.31. The van der Waals surface area contributed by atoms with Gasteiger partial charge in [0.2, 0.25) is 0 Å². The molecule has 0 aliphatic carbocycles. The first kappa shape index (κ1) is 23.4. The second kappa shape index (κ2) is 10.9. The van der Waals surface area contributed by atoms with Crippen molar-refractivity contribution in [2.75, 3.05) is 26.8 Å². The van der Waals surface area contributed by atoms with Gasteiger partial charge >= 0.3 is 6.16 Å². The van der Waals surface area contributed by atoms with Crippen LogP contribution in [0, 0.1) is 0 Å². The van der Waals surface area contributed by atoms with Gasteiger partial charge in [-0.25, -0.2) is 4.79 Å². The SMILES string of the molecule is CCOC(=O)Oc1ccc(C(=O)NC2CCN(C(=O)c3cc(Cl)ccc3OC)CC2)cc1. The molecule has 8 nitrogen and oxygen atoms in total. The highest BCUT2D eigenvalue weighted by Crippen LogP contribution is 2.25. The maximum Gasteiger partial charge on any atom is 0.513 e. The normalized spacial score (nSPS) is 13.9. The van der Waals surface area contributed by atoms with Crippen molar-refractivity contribution >= 4 is 29.6 Å². The molecule has 1 aliphatic heterocycles. The molecule has 1 N–H and O–H groups in total. The molecule has 3 rings (SSSR count). The highest BCUT2D eigenvalue weighted by Gasteiger charge is 2.26. The number of halogens is 1. The summed E-state index contributed by atoms with van der Waals surface area (Å²) in [6.07, 6.45) is 0.468. The molecule has 0 unspecified atom stereocenters. The summed E-state index contributed by atoms with van der Waals surface area (Å²) in [6.45, 7) is 2.91. The van der Waals surface area contributed by atoms with Gasteiger partial charge < -0.3 is 24.4 Å². The molecule has 1 saturated heterocycles. The topological polar surface area (TPSA) is 94.2 Å². The molecule has 170 valence electrons. The number of ether oxygens (including phenoxy) is 3. The van der Waals surface area contributed by atoms with Crippen molar-refractivity contribution in [2.45, 2.75) is 25.8 Å². The van der Waals surface area contributed by atoms with Crippen LogP contribution in [0.4, 0.5) is 4.79 Å². The van der Waals surface area contributed by atoms with E-state index >= 15 is 0 Å². The predicted octanol–water partition coefficient (Wildman–Crippen LogP) is 3.92. The summed E-state index contributed by atoms with van der Waals surface area (Å²) < 4.78 is 15.0. The Morgan fingerprint density at radius 1 is 1.09 bits per heavy atom. The van der Waals surface area contributed by atoms with Gasteiger partial charge in [-0.15, -0.1) is 0 Å². The number of carbonyl (C=O) groups is 3. The van der Waals surface area contributed by atoms with E-state index in [0.717, 1.165) is 0 Å². The van der Waals surface area contributed by atoms with Crippen molar-refractivity contribution in [3.63, 3.8) is 0 Å². The number of rotatable bonds is 6. The Hall–Kier alpha value is -3.26. The van der Waals surface area contributed by atoms with Gasteiger partial charge in [0, 0.05) is 29.7 Å². The molecular formula is C23H25ClN2O6. The summed E-state index contributed by atoms with van der Waals surface area (Å²) in [5, 5.41) is 3.46. The minimum atomic E-state index is -0.790. The highest BCUT2D eigenvalue weighted by atomic mass is 35.5. The Morgan fingerprint density at radius 3 is 2.41 bits per heavy atom. The molecule has 2 aromatic rings. The van der Waals surface area contributed by atoms with Crippen LogP contribution in [0.1, 0.15) is 40.5 Å². The molecule has 9 heteroatoms. The van der Waals surface area contributed by atoms with E-state index < -0.39 is 6.16 Å². The van der Waals surface area contributed by atoms with Crippen LogP contribution in [0.2, 0.25) is 5.02 Å². The van der Waals surface area contributed by atoms with Crippen LogP contribution in [-0.4, -0.2) is 55.7 Å². The van der Waals surface area contributed by atoms with Crippen LogP contribution < -0.4 is 14.8 Å². The molecule has 1 heterocycles. The van der Waals surface area contributed by atoms with E-state index in [1.54, 1.807) is 42.2 Å². The molecule has 2 amide bonds. The van der Waals surface area contributed by atoms with Crippen LogP contribution in [-0.2, 0) is 4.74 Å². The third-order valence-electron chi connectivity index (χ3n) is 5.09. The second-order valence-corrected chi connectivity index (χ2v) is 7.63. The third kappa shape index (κ3) is 5.91. The van der Waals surface area contributed by atoms with E-state index in [0.29, 0.717) is 53.6 Å². The molecule has 1 aliphatic rings. The van der Waals surface area contributed by atoms with Gasteiger partial charge in [-0.1, -0.05) is 11.6 Å². The van der Waals surface area contributed by atoms with Crippen molar-refractivity contribution in [3.8, 4) is 11.5 Å². The zero-order valence-electron chi connectivity index (χ0n) is 17.9. The Kier molecular flexibility index (Phi) is 7.94. The Bertz CT molecular complexity index is 971. The third-order valence-corrected chi connectivity index (χ3v) is 5.32. The van der Waals surface area contributed by atoms with Gasteiger partial charge in [0.1, 0.15) is 11.5 Å². The van der Waals surface area contributed by atoms with Crippen molar-refractivity contribution in [1.29, 1.82) is 0 Å². The lowest BCUT2D eigenvalue weighted by Gasteiger charge is -2.32. The summed E-state index contributed by atoms with van der Waals surface area (Å²) in [5.41, 5.74) is 0.871. The number of piperidine rings is 1. The standard InChI is InChI=1S/C23H25ClN2O6/c1-3-31-23(29)32-18-7-4-15(5-8-18)21(27)25-17-10-12-26(13-11-17)22(28)19-14-16(24)6-9-20(19)30-2/h4-9,14,17H,3,10-13H2,1-2H3,(H,25,27). The summed E-state index contributed by atoms with van der Waals surface area (Å²) in [4.78, 5) is 38.5. The van der Waals surface area contributed by atoms with Crippen molar-refractivity contribution in [1.82, 2.24) is 10.2 Å². The number of benzene rings is 2. The number of carbonyl (C=O) groups excluding carboxylic acids is 3. The van der Waals surface area contributed by atoms with E-state index in [9.17, 15) is 14.4 Å². The number of likely N-dealkylation sites (tertiary alicyclic amines) is 1. The predicted molar refractivity (Wildman–Crippen MR) is 118 cm³/mol. The molecule has 0 radical (unpaired) electrons. The maximum atomic E-state index is 12.9. The van der Waals surface area contributed by atoms with Gasteiger partial charge in [0.25, 0.3) is 11.8 Å². The minimum absolute atomic E-state index is 0.0525. The lowest BCUT2D eigenvalue weighted by atomic mass is 10.0. The molecule has 2 aromatic carbocycles. The number of methoxy groups -OCH3 is 1. The van der Waals surface area contributed by atoms with Gasteiger partial charge in [-0.2, -0.15) is 0 Å². The molecule has 0 bridgehead atoms. The molecule has 1 fully saturated rings. The number of nitrogens with one attached hydrogen (secondary N) is 1. The van der Waals surface area contributed by atoms with E-state index in [-0.39, 0.29) is 24.5 Å². The van der Waals surface area contributed by atoms with Gasteiger partial charge in [0.15, 0.2) is 0 Å². The van der Waals surface area contributed by atoms with Gasteiger partial charge in [0.05, 0.1) is 19.3 Å². The van der Waals surface area contributed by atoms with E-state index in [2.05, 4.69) is 5.32 Å². The quantitative estimate of drug-likeness (QED) is 0.518. The van der Waals surface area contributed by atoms with Crippen LogP contribution in [0.25, 0.3) is 0 Å². The maximum absolute atomic E-state index is 12.9. The first-order chi connectivity index (χ1) is 15.4. The zero-order chi connectivity index (χ0) is 23.1. The second-order valence-electron chi connectivity index (χ2n) is 7.19. The Balaban J connectivity index is 1.52. The summed E-state index contributed by atoms with van der Waals surface area (Å²) in [7, 11) is 1.51. The monoisotopic (exact) mass is 460 g/mol. The fourth-order valence-corrected chi connectivity index (χ4v) is 3.60. The fourth-order valence-electron chi connectivity index (χ4n) is 3.43. The fraction of sp³-hybridized carbons (Fsp3) is 0.348. The minimum Gasteiger partial charge on any atom is -0.496 e. The number of amides is 2. The van der Waals surface area contributed by atoms with Crippen molar-refractivity contribution < 1.29 is 28.6 Å². The molecular weight excluding hydrogens is 436 g/mol. The molecule has 0 atom stereocenters. The average molecular weight is 461 g/mol. The van der Waals surface area contributed by atoms with Crippen molar-refractivity contribution in [3.05, 3.63) is 58.6 Å². The van der Waals surface area contributed by atoms with E-state index in [1.165, 1.54) is 19.2 Å². The Morgan fingerprint density at radius 2 is 1.78 bits per heavy atom.